The largest absolute Gasteiger partial charge is 0.481 e. The quantitative estimate of drug-likeness (QED) is 0.848. The zero-order chi connectivity index (χ0) is 14.8. The molecule has 2 N–H and O–H groups in total. The number of carbonyl (C=O) groups excluding carboxylic acids is 1. The molecule has 0 radical (unpaired) electrons. The van der Waals surface area contributed by atoms with E-state index < -0.39 is 11.4 Å². The molecule has 4 nitrogen and oxygen atoms in total. The lowest BCUT2D eigenvalue weighted by Crippen LogP contribution is -2.34. The number of halogens is 2. The van der Waals surface area contributed by atoms with Crippen LogP contribution >= 0.6 is 23.2 Å². The van der Waals surface area contributed by atoms with Crippen LogP contribution in [0, 0.1) is 5.41 Å². The lowest BCUT2D eigenvalue weighted by Gasteiger charge is -2.11. The van der Waals surface area contributed by atoms with E-state index in [1.54, 1.807) is 18.2 Å². The Morgan fingerprint density at radius 1 is 1.30 bits per heavy atom. The van der Waals surface area contributed by atoms with Crippen LogP contribution in [0.15, 0.2) is 18.2 Å². The van der Waals surface area contributed by atoms with Crippen molar-refractivity contribution in [3.8, 4) is 0 Å². The number of carbonyl (C=O) groups is 2. The standard InChI is InChI=1S/C14H15Cl2NO3/c15-10-3-1-9(11(16)7-10)2-4-12(18)17-8-14(5-6-14)13(19)20/h1,3,7H,2,4-6,8H2,(H,17,18)(H,19,20). The zero-order valence-electron chi connectivity index (χ0n) is 10.8. The van der Waals surface area contributed by atoms with Gasteiger partial charge in [-0.05, 0) is 37.0 Å². The minimum Gasteiger partial charge on any atom is -0.481 e. The summed E-state index contributed by atoms with van der Waals surface area (Å²) in [6, 6.07) is 5.15. The summed E-state index contributed by atoms with van der Waals surface area (Å²) in [5.41, 5.74) is 0.124. The number of hydrogen-bond acceptors (Lipinski definition) is 2. The first-order chi connectivity index (χ1) is 9.43. The number of carboxylic acids is 1. The van der Waals surface area contributed by atoms with Crippen molar-refractivity contribution in [1.82, 2.24) is 5.32 Å². The van der Waals surface area contributed by atoms with Gasteiger partial charge < -0.3 is 10.4 Å². The van der Waals surface area contributed by atoms with Gasteiger partial charge in [0.1, 0.15) is 0 Å². The number of rotatable bonds is 6. The molecule has 108 valence electrons. The first-order valence-electron chi connectivity index (χ1n) is 6.37. The fraction of sp³-hybridized carbons (Fsp3) is 0.429. The molecule has 1 aliphatic carbocycles. The normalized spacial score (nSPS) is 15.7. The molecule has 0 heterocycles. The molecule has 1 aromatic carbocycles. The summed E-state index contributed by atoms with van der Waals surface area (Å²) in [5, 5.41) is 12.8. The highest BCUT2D eigenvalue weighted by molar-refractivity contribution is 6.35. The van der Waals surface area contributed by atoms with Gasteiger partial charge in [-0.1, -0.05) is 29.3 Å². The Balaban J connectivity index is 1.79. The molecular weight excluding hydrogens is 301 g/mol. The van der Waals surface area contributed by atoms with Crippen LogP contribution < -0.4 is 5.32 Å². The maximum atomic E-state index is 11.7. The van der Waals surface area contributed by atoms with Crippen LogP contribution in [-0.4, -0.2) is 23.5 Å². The SMILES string of the molecule is O=C(CCc1ccc(Cl)cc1Cl)NCC1(C(=O)O)CC1. The monoisotopic (exact) mass is 315 g/mol. The van der Waals surface area contributed by atoms with Gasteiger partial charge in [-0.2, -0.15) is 0 Å². The second-order valence-electron chi connectivity index (χ2n) is 5.10. The average molecular weight is 316 g/mol. The molecular formula is C14H15Cl2NO3. The molecule has 1 fully saturated rings. The van der Waals surface area contributed by atoms with Crippen molar-refractivity contribution < 1.29 is 14.7 Å². The van der Waals surface area contributed by atoms with E-state index in [1.165, 1.54) is 0 Å². The van der Waals surface area contributed by atoms with Crippen LogP contribution in [0.25, 0.3) is 0 Å². The minimum atomic E-state index is -0.835. The summed E-state index contributed by atoms with van der Waals surface area (Å²) in [6.45, 7) is 0.204. The van der Waals surface area contributed by atoms with Crippen LogP contribution in [0.3, 0.4) is 0 Å². The lowest BCUT2D eigenvalue weighted by atomic mass is 10.1. The summed E-state index contributed by atoms with van der Waals surface area (Å²) in [4.78, 5) is 22.7. The summed E-state index contributed by atoms with van der Waals surface area (Å²) in [6.07, 6.45) is 2.04. The molecule has 0 atom stereocenters. The predicted molar refractivity (Wildman–Crippen MR) is 77.1 cm³/mol. The topological polar surface area (TPSA) is 66.4 Å². The van der Waals surface area contributed by atoms with E-state index in [0.29, 0.717) is 29.3 Å². The second-order valence-corrected chi connectivity index (χ2v) is 5.94. The van der Waals surface area contributed by atoms with Crippen molar-refractivity contribution in [3.05, 3.63) is 33.8 Å². The average Bonchev–Trinajstić information content (AvgIpc) is 3.16. The van der Waals surface area contributed by atoms with Crippen LogP contribution in [0.4, 0.5) is 0 Å². The molecule has 20 heavy (non-hydrogen) atoms. The van der Waals surface area contributed by atoms with Crippen LogP contribution in [0.5, 0.6) is 0 Å². The third-order valence-electron chi connectivity index (χ3n) is 3.57. The van der Waals surface area contributed by atoms with Crippen molar-refractivity contribution in [3.63, 3.8) is 0 Å². The highest BCUT2D eigenvalue weighted by Crippen LogP contribution is 2.45. The molecule has 0 aromatic heterocycles. The number of amides is 1. The van der Waals surface area contributed by atoms with Gasteiger partial charge in [-0.3, -0.25) is 9.59 Å². The van der Waals surface area contributed by atoms with Crippen molar-refractivity contribution in [2.75, 3.05) is 6.54 Å². The Morgan fingerprint density at radius 2 is 2.00 bits per heavy atom. The fourth-order valence-electron chi connectivity index (χ4n) is 1.95. The minimum absolute atomic E-state index is 0.163. The summed E-state index contributed by atoms with van der Waals surface area (Å²) in [7, 11) is 0. The molecule has 0 spiro atoms. The molecule has 0 bridgehead atoms. The number of carboxylic acid groups (broad SMARTS) is 1. The van der Waals surface area contributed by atoms with Gasteiger partial charge in [0.25, 0.3) is 0 Å². The molecule has 1 amide bonds. The summed E-state index contributed by atoms with van der Waals surface area (Å²) < 4.78 is 0. The number of benzene rings is 1. The molecule has 1 aromatic rings. The van der Waals surface area contributed by atoms with E-state index >= 15 is 0 Å². The van der Waals surface area contributed by atoms with Crippen LogP contribution in [0.2, 0.25) is 10.0 Å². The molecule has 0 saturated heterocycles. The van der Waals surface area contributed by atoms with E-state index in [4.69, 9.17) is 28.3 Å². The second kappa shape index (κ2) is 6.02. The van der Waals surface area contributed by atoms with Crippen molar-refractivity contribution in [1.29, 1.82) is 0 Å². The van der Waals surface area contributed by atoms with Crippen molar-refractivity contribution >= 4 is 35.1 Å². The van der Waals surface area contributed by atoms with Gasteiger partial charge in [-0.15, -0.1) is 0 Å². The maximum Gasteiger partial charge on any atom is 0.311 e. The highest BCUT2D eigenvalue weighted by atomic mass is 35.5. The first kappa shape index (κ1) is 15.1. The van der Waals surface area contributed by atoms with Gasteiger partial charge in [0.2, 0.25) is 5.91 Å². The fourth-order valence-corrected chi connectivity index (χ4v) is 2.45. The third-order valence-corrected chi connectivity index (χ3v) is 4.15. The van der Waals surface area contributed by atoms with E-state index in [2.05, 4.69) is 5.32 Å². The summed E-state index contributed by atoms with van der Waals surface area (Å²) >= 11 is 11.8. The number of nitrogens with one attached hydrogen (secondary N) is 1. The van der Waals surface area contributed by atoms with Gasteiger partial charge in [-0.25, -0.2) is 0 Å². The Hall–Kier alpha value is -1.26. The molecule has 1 saturated carbocycles. The van der Waals surface area contributed by atoms with Gasteiger partial charge in [0, 0.05) is 23.0 Å². The summed E-state index contributed by atoms with van der Waals surface area (Å²) in [5.74, 6) is -0.998. The first-order valence-corrected chi connectivity index (χ1v) is 7.13. The molecule has 0 unspecified atom stereocenters. The highest BCUT2D eigenvalue weighted by Gasteiger charge is 2.50. The van der Waals surface area contributed by atoms with E-state index in [1.807, 2.05) is 0 Å². The lowest BCUT2D eigenvalue weighted by molar-refractivity contribution is -0.143. The van der Waals surface area contributed by atoms with E-state index in [0.717, 1.165) is 5.56 Å². The molecule has 2 rings (SSSR count). The van der Waals surface area contributed by atoms with E-state index in [9.17, 15) is 9.59 Å². The zero-order valence-corrected chi connectivity index (χ0v) is 12.3. The number of aliphatic carboxylic acids is 1. The Bertz CT molecular complexity index is 541. The Labute approximate surface area is 127 Å². The maximum absolute atomic E-state index is 11.7. The van der Waals surface area contributed by atoms with Gasteiger partial charge >= 0.3 is 5.97 Å². The van der Waals surface area contributed by atoms with Crippen molar-refractivity contribution in [2.24, 2.45) is 5.41 Å². The number of hydrogen-bond donors (Lipinski definition) is 2. The predicted octanol–water partition coefficient (Wildman–Crippen LogP) is 2.91. The molecule has 1 aliphatic rings. The van der Waals surface area contributed by atoms with Crippen molar-refractivity contribution in [2.45, 2.75) is 25.7 Å². The third kappa shape index (κ3) is 3.64. The van der Waals surface area contributed by atoms with Gasteiger partial charge in [0.05, 0.1) is 5.41 Å². The smallest absolute Gasteiger partial charge is 0.311 e. The van der Waals surface area contributed by atoms with Gasteiger partial charge in [0.15, 0.2) is 0 Å². The Kier molecular flexibility index (Phi) is 4.55. The van der Waals surface area contributed by atoms with Crippen LogP contribution in [0.1, 0.15) is 24.8 Å². The van der Waals surface area contributed by atoms with E-state index in [-0.39, 0.29) is 18.9 Å². The number of aryl methyl sites for hydroxylation is 1. The molecule has 0 aliphatic heterocycles. The molecule has 6 heteroatoms. The van der Waals surface area contributed by atoms with Crippen LogP contribution in [-0.2, 0) is 16.0 Å². The Morgan fingerprint density at radius 3 is 2.55 bits per heavy atom.